The van der Waals surface area contributed by atoms with Crippen LogP contribution in [0.1, 0.15) is 24.7 Å². The van der Waals surface area contributed by atoms with Gasteiger partial charge in [0.25, 0.3) is 0 Å². The molecule has 0 bridgehead atoms. The fourth-order valence-corrected chi connectivity index (χ4v) is 4.99. The summed E-state index contributed by atoms with van der Waals surface area (Å²) < 4.78 is 53.2. The lowest BCUT2D eigenvalue weighted by atomic mass is 10.2. The van der Waals surface area contributed by atoms with Gasteiger partial charge >= 0.3 is 6.18 Å². The predicted octanol–water partition coefficient (Wildman–Crippen LogP) is 2.26. The first-order valence-corrected chi connectivity index (χ1v) is 10.3. The molecule has 11 heteroatoms. The molecular weight excluding hydrogens is 419 g/mol. The van der Waals surface area contributed by atoms with E-state index in [4.69, 9.17) is 5.26 Å². The maximum Gasteiger partial charge on any atom is 0.421 e. The molecule has 0 saturated carbocycles. The summed E-state index contributed by atoms with van der Waals surface area (Å²) in [7, 11) is 0. The SMILES string of the molecule is CCNC(=O)[C@@H]1C[C@H]([S+]([O-])c2ccccc2C(F)(F)F)CN1c1ccnc(C#N)n1. The van der Waals surface area contributed by atoms with Gasteiger partial charge in [-0.25, -0.2) is 9.97 Å². The average molecular weight is 437 g/mol. The maximum atomic E-state index is 13.4. The van der Waals surface area contributed by atoms with E-state index >= 15 is 0 Å². The van der Waals surface area contributed by atoms with Crippen LogP contribution in [0.25, 0.3) is 0 Å². The van der Waals surface area contributed by atoms with Crippen LogP contribution in [0.5, 0.6) is 0 Å². The summed E-state index contributed by atoms with van der Waals surface area (Å²) in [5.74, 6) is -0.172. The zero-order valence-electron chi connectivity index (χ0n) is 15.9. The van der Waals surface area contributed by atoms with E-state index in [0.717, 1.165) is 6.07 Å². The van der Waals surface area contributed by atoms with Crippen LogP contribution in [-0.4, -0.2) is 44.8 Å². The fourth-order valence-electron chi connectivity index (χ4n) is 3.37. The van der Waals surface area contributed by atoms with Crippen molar-refractivity contribution in [3.63, 3.8) is 0 Å². The van der Waals surface area contributed by atoms with E-state index in [1.54, 1.807) is 11.8 Å². The van der Waals surface area contributed by atoms with Gasteiger partial charge in [0.15, 0.2) is 4.90 Å². The number of nitrogens with zero attached hydrogens (tertiary/aromatic N) is 4. The van der Waals surface area contributed by atoms with Crippen LogP contribution in [0.3, 0.4) is 0 Å². The van der Waals surface area contributed by atoms with Gasteiger partial charge in [-0.15, -0.1) is 0 Å². The number of halogens is 3. The van der Waals surface area contributed by atoms with Gasteiger partial charge in [0.2, 0.25) is 11.7 Å². The highest BCUT2D eigenvalue weighted by Crippen LogP contribution is 2.38. The van der Waals surface area contributed by atoms with E-state index in [2.05, 4.69) is 15.3 Å². The summed E-state index contributed by atoms with van der Waals surface area (Å²) in [5.41, 5.74) is -0.954. The van der Waals surface area contributed by atoms with Crippen LogP contribution in [0.15, 0.2) is 41.4 Å². The van der Waals surface area contributed by atoms with E-state index in [1.807, 2.05) is 6.07 Å². The monoisotopic (exact) mass is 437 g/mol. The Balaban J connectivity index is 1.94. The number of amides is 1. The number of hydrogen-bond donors (Lipinski definition) is 1. The van der Waals surface area contributed by atoms with Crippen LogP contribution < -0.4 is 10.2 Å². The van der Waals surface area contributed by atoms with Gasteiger partial charge in [0.1, 0.15) is 28.7 Å². The molecule has 1 N–H and O–H groups in total. The minimum atomic E-state index is -4.64. The Kier molecular flexibility index (Phi) is 6.48. The lowest BCUT2D eigenvalue weighted by molar-refractivity contribution is -0.139. The Hall–Kier alpha value is -2.84. The summed E-state index contributed by atoms with van der Waals surface area (Å²) in [5, 5.41) is 11.0. The molecule has 158 valence electrons. The number of carbonyl (C=O) groups is 1. The number of nitrogens with one attached hydrogen (secondary N) is 1. The van der Waals surface area contributed by atoms with Gasteiger partial charge < -0.3 is 14.8 Å². The number of rotatable bonds is 5. The molecule has 2 heterocycles. The first-order valence-electron chi connectivity index (χ1n) is 9.10. The molecule has 0 spiro atoms. The van der Waals surface area contributed by atoms with Crippen molar-refractivity contribution in [2.75, 3.05) is 18.0 Å². The Bertz CT molecular complexity index is 966. The topological polar surface area (TPSA) is 105 Å². The number of likely N-dealkylation sites (N-methyl/N-ethyl adjacent to an activating group) is 1. The minimum Gasteiger partial charge on any atom is -0.611 e. The quantitative estimate of drug-likeness (QED) is 0.720. The van der Waals surface area contributed by atoms with E-state index in [1.165, 1.54) is 30.5 Å². The van der Waals surface area contributed by atoms with Crippen molar-refractivity contribution in [1.29, 1.82) is 5.26 Å². The first-order chi connectivity index (χ1) is 14.3. The smallest absolute Gasteiger partial charge is 0.421 e. The molecular formula is C19H18F3N5O2S. The zero-order chi connectivity index (χ0) is 21.9. The molecule has 1 saturated heterocycles. The molecule has 0 aliphatic carbocycles. The van der Waals surface area contributed by atoms with Crippen LogP contribution in [-0.2, 0) is 22.1 Å². The van der Waals surface area contributed by atoms with Crippen LogP contribution in [0.4, 0.5) is 19.0 Å². The molecule has 2 aromatic rings. The highest BCUT2D eigenvalue weighted by atomic mass is 32.2. The summed E-state index contributed by atoms with van der Waals surface area (Å²) in [4.78, 5) is 21.7. The Morgan fingerprint density at radius 3 is 2.80 bits per heavy atom. The first kappa shape index (κ1) is 21.9. The molecule has 1 aliphatic rings. The van der Waals surface area contributed by atoms with Crippen molar-refractivity contribution < 1.29 is 22.5 Å². The average Bonchev–Trinajstić information content (AvgIpc) is 3.18. The molecule has 30 heavy (non-hydrogen) atoms. The molecule has 3 rings (SSSR count). The van der Waals surface area contributed by atoms with Crippen LogP contribution in [0, 0.1) is 11.3 Å². The Morgan fingerprint density at radius 1 is 1.40 bits per heavy atom. The van der Waals surface area contributed by atoms with E-state index in [-0.39, 0.29) is 35.4 Å². The standard InChI is InChI=1S/C19H18F3N5O2S/c1-2-24-18(28)14-9-12(11-27(14)17-7-8-25-16(10-23)26-17)30(29)15-6-4-3-5-13(15)19(20,21)22/h3-8,12,14H,2,9,11H2,1H3,(H,24,28)/t12-,14-,30?/m0/s1. The molecule has 1 amide bonds. The second-order valence-electron chi connectivity index (χ2n) is 6.56. The molecule has 1 aromatic heterocycles. The van der Waals surface area contributed by atoms with Gasteiger partial charge in [0, 0.05) is 19.2 Å². The zero-order valence-corrected chi connectivity index (χ0v) is 16.7. The lowest BCUT2D eigenvalue weighted by Crippen LogP contribution is -2.43. The molecule has 1 aromatic carbocycles. The third-order valence-electron chi connectivity index (χ3n) is 4.66. The third-order valence-corrected chi connectivity index (χ3v) is 6.40. The van der Waals surface area contributed by atoms with E-state index < -0.39 is 34.2 Å². The molecule has 7 nitrogen and oxygen atoms in total. The van der Waals surface area contributed by atoms with Crippen molar-refractivity contribution in [2.45, 2.75) is 35.7 Å². The Morgan fingerprint density at radius 2 is 2.13 bits per heavy atom. The number of benzene rings is 1. The Labute approximate surface area is 174 Å². The van der Waals surface area contributed by atoms with Crippen molar-refractivity contribution in [3.05, 3.63) is 47.9 Å². The lowest BCUT2D eigenvalue weighted by Gasteiger charge is -2.24. The second kappa shape index (κ2) is 8.89. The van der Waals surface area contributed by atoms with Crippen LogP contribution >= 0.6 is 0 Å². The highest BCUT2D eigenvalue weighted by molar-refractivity contribution is 7.92. The number of anilines is 1. The van der Waals surface area contributed by atoms with E-state index in [9.17, 15) is 22.5 Å². The summed E-state index contributed by atoms with van der Waals surface area (Å²) >= 11 is -2.01. The number of carbonyl (C=O) groups excluding carboxylic acids is 1. The van der Waals surface area contributed by atoms with Gasteiger partial charge in [0.05, 0.1) is 6.54 Å². The number of hydrogen-bond acceptors (Lipinski definition) is 6. The van der Waals surface area contributed by atoms with Gasteiger partial charge in [-0.1, -0.05) is 12.1 Å². The molecule has 3 atom stereocenters. The van der Waals surface area contributed by atoms with Crippen molar-refractivity contribution >= 4 is 22.9 Å². The summed E-state index contributed by atoms with van der Waals surface area (Å²) in [6, 6.07) is 7.27. The molecule has 1 aliphatic heterocycles. The number of aromatic nitrogens is 2. The largest absolute Gasteiger partial charge is 0.611 e. The third kappa shape index (κ3) is 4.49. The van der Waals surface area contributed by atoms with Gasteiger partial charge in [-0.2, -0.15) is 18.4 Å². The van der Waals surface area contributed by atoms with Crippen molar-refractivity contribution in [3.8, 4) is 6.07 Å². The van der Waals surface area contributed by atoms with Gasteiger partial charge in [-0.3, -0.25) is 4.79 Å². The van der Waals surface area contributed by atoms with Gasteiger partial charge in [-0.05, 0) is 36.3 Å². The molecule has 1 unspecified atom stereocenters. The van der Waals surface area contributed by atoms with E-state index in [0.29, 0.717) is 6.54 Å². The summed E-state index contributed by atoms with van der Waals surface area (Å²) in [6.45, 7) is 2.15. The number of alkyl halides is 3. The minimum absolute atomic E-state index is 0.0441. The molecule has 1 fully saturated rings. The fraction of sp³-hybridized carbons (Fsp3) is 0.368. The summed E-state index contributed by atoms with van der Waals surface area (Å²) in [6.07, 6.45) is -3.20. The normalized spacial score (nSPS) is 19.9. The van der Waals surface area contributed by atoms with Crippen molar-refractivity contribution in [2.24, 2.45) is 0 Å². The van der Waals surface area contributed by atoms with Crippen molar-refractivity contribution in [1.82, 2.24) is 15.3 Å². The predicted molar refractivity (Wildman–Crippen MR) is 103 cm³/mol. The number of nitriles is 1. The van der Waals surface area contributed by atoms with Crippen LogP contribution in [0.2, 0.25) is 0 Å². The second-order valence-corrected chi connectivity index (χ2v) is 8.26. The maximum absolute atomic E-state index is 13.4. The molecule has 0 radical (unpaired) electrons. The highest BCUT2D eigenvalue weighted by Gasteiger charge is 2.46.